The molecule has 0 radical (unpaired) electrons. The van der Waals surface area contributed by atoms with E-state index in [1.165, 1.54) is 25.7 Å². The highest BCUT2D eigenvalue weighted by Gasteiger charge is 2.17. The molecule has 0 aromatic carbocycles. The van der Waals surface area contributed by atoms with Crippen molar-refractivity contribution in [1.29, 1.82) is 0 Å². The molecule has 1 aliphatic carbocycles. The number of hydrogen-bond acceptors (Lipinski definition) is 3. The summed E-state index contributed by atoms with van der Waals surface area (Å²) in [6, 6.07) is 4.47. The van der Waals surface area contributed by atoms with Crippen LogP contribution in [-0.4, -0.2) is 9.78 Å². The van der Waals surface area contributed by atoms with Crippen molar-refractivity contribution in [3.63, 3.8) is 0 Å². The van der Waals surface area contributed by atoms with Crippen molar-refractivity contribution in [2.45, 2.75) is 38.3 Å². The first-order valence-electron chi connectivity index (χ1n) is 6.22. The molecule has 2 aromatic rings. The van der Waals surface area contributed by atoms with Crippen molar-refractivity contribution in [2.24, 2.45) is 0 Å². The molecular weight excluding hydrogens is 214 g/mol. The van der Waals surface area contributed by atoms with Crippen molar-refractivity contribution in [2.75, 3.05) is 5.32 Å². The Labute approximate surface area is 101 Å². The van der Waals surface area contributed by atoms with Crippen LogP contribution in [0.2, 0.25) is 0 Å². The topological polar surface area (TPSA) is 43.0 Å². The molecule has 2 heterocycles. The first-order valence-corrected chi connectivity index (χ1v) is 6.22. The van der Waals surface area contributed by atoms with Crippen molar-refractivity contribution >= 4 is 5.69 Å². The Hall–Kier alpha value is -1.71. The minimum absolute atomic E-state index is 0.606. The zero-order valence-electron chi connectivity index (χ0n) is 9.80. The summed E-state index contributed by atoms with van der Waals surface area (Å²) in [7, 11) is 0. The van der Waals surface area contributed by atoms with Crippen LogP contribution >= 0.6 is 0 Å². The predicted octanol–water partition coefficient (Wildman–Crippen LogP) is 3.20. The van der Waals surface area contributed by atoms with E-state index < -0.39 is 0 Å². The fraction of sp³-hybridized carbons (Fsp3) is 0.462. The van der Waals surface area contributed by atoms with Crippen LogP contribution in [0.25, 0.3) is 0 Å². The average molecular weight is 231 g/mol. The number of furan rings is 1. The Morgan fingerprint density at radius 3 is 3.06 bits per heavy atom. The molecule has 4 heteroatoms. The summed E-state index contributed by atoms with van der Waals surface area (Å²) in [6.07, 6.45) is 10.9. The summed E-state index contributed by atoms with van der Waals surface area (Å²) in [5.74, 6) is 0.943. The Bertz CT molecular complexity index is 455. The molecule has 0 unspecified atom stereocenters. The van der Waals surface area contributed by atoms with Crippen LogP contribution < -0.4 is 5.32 Å². The van der Waals surface area contributed by atoms with Gasteiger partial charge in [-0.2, -0.15) is 5.10 Å². The van der Waals surface area contributed by atoms with Crippen molar-refractivity contribution < 1.29 is 4.42 Å². The number of nitrogens with one attached hydrogen (secondary N) is 1. The monoisotopic (exact) mass is 231 g/mol. The van der Waals surface area contributed by atoms with Crippen LogP contribution in [0.3, 0.4) is 0 Å². The van der Waals surface area contributed by atoms with Crippen molar-refractivity contribution in [3.8, 4) is 0 Å². The summed E-state index contributed by atoms with van der Waals surface area (Å²) in [5.41, 5.74) is 1.06. The molecular formula is C13H17N3O. The van der Waals surface area contributed by atoms with E-state index in [1.807, 2.05) is 18.3 Å². The fourth-order valence-corrected chi connectivity index (χ4v) is 2.40. The number of nitrogens with zero attached hydrogens (tertiary/aromatic N) is 2. The zero-order chi connectivity index (χ0) is 11.5. The maximum absolute atomic E-state index is 5.27. The van der Waals surface area contributed by atoms with Gasteiger partial charge in [-0.1, -0.05) is 12.8 Å². The highest BCUT2D eigenvalue weighted by Crippen LogP contribution is 2.29. The average Bonchev–Trinajstić information content (AvgIpc) is 3.09. The molecule has 0 atom stereocenters. The predicted molar refractivity (Wildman–Crippen MR) is 65.8 cm³/mol. The van der Waals surface area contributed by atoms with Gasteiger partial charge >= 0.3 is 0 Å². The summed E-state index contributed by atoms with van der Waals surface area (Å²) in [4.78, 5) is 0. The second kappa shape index (κ2) is 4.65. The maximum atomic E-state index is 5.27. The quantitative estimate of drug-likeness (QED) is 0.878. The minimum atomic E-state index is 0.606. The highest BCUT2D eigenvalue weighted by atomic mass is 16.3. The molecule has 1 aliphatic rings. The van der Waals surface area contributed by atoms with Crippen LogP contribution in [0.15, 0.2) is 35.2 Å². The molecule has 4 nitrogen and oxygen atoms in total. The largest absolute Gasteiger partial charge is 0.467 e. The molecule has 1 N–H and O–H groups in total. The van der Waals surface area contributed by atoms with Crippen LogP contribution in [-0.2, 0) is 6.54 Å². The van der Waals surface area contributed by atoms with Gasteiger partial charge in [-0.15, -0.1) is 0 Å². The van der Waals surface area contributed by atoms with Gasteiger partial charge in [0.25, 0.3) is 0 Å². The van der Waals surface area contributed by atoms with Gasteiger partial charge in [-0.05, 0) is 25.0 Å². The third-order valence-corrected chi connectivity index (χ3v) is 3.35. The zero-order valence-corrected chi connectivity index (χ0v) is 9.80. The molecule has 90 valence electrons. The van der Waals surface area contributed by atoms with Crippen LogP contribution in [0, 0.1) is 0 Å². The van der Waals surface area contributed by atoms with Gasteiger partial charge in [-0.3, -0.25) is 4.68 Å². The van der Waals surface area contributed by atoms with Gasteiger partial charge < -0.3 is 9.73 Å². The Kier molecular flexibility index (Phi) is 2.86. The van der Waals surface area contributed by atoms with E-state index in [4.69, 9.17) is 4.42 Å². The fourth-order valence-electron chi connectivity index (χ4n) is 2.40. The van der Waals surface area contributed by atoms with E-state index in [0.29, 0.717) is 12.6 Å². The van der Waals surface area contributed by atoms with Gasteiger partial charge in [-0.25, -0.2) is 0 Å². The van der Waals surface area contributed by atoms with E-state index in [9.17, 15) is 0 Å². The second-order valence-electron chi connectivity index (χ2n) is 4.58. The molecule has 0 bridgehead atoms. The first kappa shape index (κ1) is 10.4. The summed E-state index contributed by atoms with van der Waals surface area (Å²) in [5, 5.41) is 7.74. The molecule has 3 rings (SSSR count). The summed E-state index contributed by atoms with van der Waals surface area (Å²) < 4.78 is 7.37. The van der Waals surface area contributed by atoms with Crippen LogP contribution in [0.4, 0.5) is 5.69 Å². The molecule has 0 spiro atoms. The van der Waals surface area contributed by atoms with E-state index in [2.05, 4.69) is 21.3 Å². The number of anilines is 1. The third kappa shape index (κ3) is 2.35. The molecule has 1 saturated carbocycles. The molecule has 2 aromatic heterocycles. The van der Waals surface area contributed by atoms with Crippen LogP contribution in [0.1, 0.15) is 37.5 Å². The molecule has 0 saturated heterocycles. The SMILES string of the molecule is c1coc(CNc2cnn(C3CCCC3)c2)c1. The lowest BCUT2D eigenvalue weighted by molar-refractivity contribution is 0.467. The minimum Gasteiger partial charge on any atom is -0.467 e. The third-order valence-electron chi connectivity index (χ3n) is 3.35. The van der Waals surface area contributed by atoms with E-state index in [1.54, 1.807) is 6.26 Å². The van der Waals surface area contributed by atoms with Crippen LogP contribution in [0.5, 0.6) is 0 Å². The summed E-state index contributed by atoms with van der Waals surface area (Å²) >= 11 is 0. The Morgan fingerprint density at radius 2 is 2.29 bits per heavy atom. The maximum Gasteiger partial charge on any atom is 0.122 e. The lowest BCUT2D eigenvalue weighted by Gasteiger charge is -2.08. The lowest BCUT2D eigenvalue weighted by Crippen LogP contribution is -2.04. The van der Waals surface area contributed by atoms with Crippen molar-refractivity contribution in [3.05, 3.63) is 36.5 Å². The Balaban J connectivity index is 1.60. The molecule has 0 aliphatic heterocycles. The second-order valence-corrected chi connectivity index (χ2v) is 4.58. The standard InChI is InChI=1S/C13H17N3O/c1-2-5-12(4-1)16-10-11(8-15-16)14-9-13-6-3-7-17-13/h3,6-8,10,12,14H,1-2,4-5,9H2. The molecule has 1 fully saturated rings. The van der Waals surface area contributed by atoms with Crippen molar-refractivity contribution in [1.82, 2.24) is 9.78 Å². The highest BCUT2D eigenvalue weighted by molar-refractivity contribution is 5.38. The van der Waals surface area contributed by atoms with E-state index >= 15 is 0 Å². The first-order chi connectivity index (χ1) is 8.42. The van der Waals surface area contributed by atoms with E-state index in [0.717, 1.165) is 11.4 Å². The lowest BCUT2D eigenvalue weighted by atomic mass is 10.3. The number of rotatable bonds is 4. The van der Waals surface area contributed by atoms with Gasteiger partial charge in [0.05, 0.1) is 30.7 Å². The normalized spacial score (nSPS) is 16.5. The Morgan fingerprint density at radius 1 is 1.41 bits per heavy atom. The van der Waals surface area contributed by atoms with Gasteiger partial charge in [0, 0.05) is 6.20 Å². The molecule has 0 amide bonds. The smallest absolute Gasteiger partial charge is 0.122 e. The van der Waals surface area contributed by atoms with E-state index in [-0.39, 0.29) is 0 Å². The van der Waals surface area contributed by atoms with Gasteiger partial charge in [0.2, 0.25) is 0 Å². The van der Waals surface area contributed by atoms with Gasteiger partial charge in [0.1, 0.15) is 5.76 Å². The summed E-state index contributed by atoms with van der Waals surface area (Å²) in [6.45, 7) is 0.712. The van der Waals surface area contributed by atoms with Gasteiger partial charge in [0.15, 0.2) is 0 Å². The molecule has 17 heavy (non-hydrogen) atoms. The number of hydrogen-bond donors (Lipinski definition) is 1. The number of aromatic nitrogens is 2.